The largest absolute Gasteiger partial charge is 0.256 e. The van der Waals surface area contributed by atoms with Crippen molar-refractivity contribution in [2.24, 2.45) is 5.41 Å². The maximum atomic E-state index is 4.36. The monoisotopic (exact) mass is 201 g/mol. The summed E-state index contributed by atoms with van der Waals surface area (Å²) in [5.41, 5.74) is 3.51. The maximum Gasteiger partial charge on any atom is 0.0696 e. The molecule has 0 saturated heterocycles. The van der Waals surface area contributed by atoms with Gasteiger partial charge in [-0.2, -0.15) is 0 Å². The summed E-state index contributed by atoms with van der Waals surface area (Å²) in [6.45, 7) is 14.2. The molecule has 0 aromatic carbocycles. The van der Waals surface area contributed by atoms with Gasteiger partial charge in [0.2, 0.25) is 0 Å². The maximum absolute atomic E-state index is 4.36. The van der Waals surface area contributed by atoms with E-state index in [1.165, 1.54) is 5.56 Å². The van der Waals surface area contributed by atoms with Crippen LogP contribution in [-0.2, 0) is 6.42 Å². The molecule has 1 rings (SSSR count). The van der Waals surface area contributed by atoms with Gasteiger partial charge in [0, 0.05) is 6.20 Å². The van der Waals surface area contributed by atoms with E-state index in [1.54, 1.807) is 6.08 Å². The van der Waals surface area contributed by atoms with Crippen molar-refractivity contribution in [3.63, 3.8) is 0 Å². The predicted molar refractivity (Wildman–Crippen MR) is 67.6 cm³/mol. The van der Waals surface area contributed by atoms with Crippen LogP contribution in [0.3, 0.4) is 0 Å². The van der Waals surface area contributed by atoms with E-state index >= 15 is 0 Å². The first-order chi connectivity index (χ1) is 6.96. The Morgan fingerprint density at radius 2 is 1.93 bits per heavy atom. The van der Waals surface area contributed by atoms with Crippen LogP contribution in [0.15, 0.2) is 25.4 Å². The van der Waals surface area contributed by atoms with E-state index in [0.29, 0.717) is 0 Å². The number of rotatable bonds is 3. The van der Waals surface area contributed by atoms with Crippen molar-refractivity contribution in [3.05, 3.63) is 42.2 Å². The molecule has 1 heterocycles. The summed E-state index contributed by atoms with van der Waals surface area (Å²) < 4.78 is 0. The summed E-state index contributed by atoms with van der Waals surface area (Å²) in [5.74, 6) is 0. The number of aromatic nitrogens is 1. The molecule has 1 aromatic rings. The zero-order valence-corrected chi connectivity index (χ0v) is 9.88. The molecule has 0 aliphatic carbocycles. The van der Waals surface area contributed by atoms with E-state index in [-0.39, 0.29) is 5.41 Å². The lowest BCUT2D eigenvalue weighted by Crippen LogP contribution is -2.09. The molecule has 1 nitrogen and oxygen atoms in total. The Labute approximate surface area is 92.6 Å². The fourth-order valence-electron chi connectivity index (χ4n) is 1.58. The molecule has 0 amide bonds. The fraction of sp³-hybridized carbons (Fsp3) is 0.357. The van der Waals surface area contributed by atoms with E-state index < -0.39 is 0 Å². The van der Waals surface area contributed by atoms with E-state index in [2.05, 4.69) is 45.0 Å². The standard InChI is InChI=1S/C14H19N/c1-6-12-8-11(9-14(3,4)5)10-15-13(12)7-2/h6-8,10H,1-2,9H2,3-5H3. The highest BCUT2D eigenvalue weighted by atomic mass is 14.7. The third-order valence-electron chi connectivity index (χ3n) is 2.15. The Kier molecular flexibility index (Phi) is 3.46. The van der Waals surface area contributed by atoms with Gasteiger partial charge in [0.05, 0.1) is 5.69 Å². The van der Waals surface area contributed by atoms with E-state index in [0.717, 1.165) is 17.7 Å². The molecule has 1 heteroatoms. The van der Waals surface area contributed by atoms with Crippen molar-refractivity contribution >= 4 is 12.2 Å². The highest BCUT2D eigenvalue weighted by Gasteiger charge is 2.12. The Morgan fingerprint density at radius 1 is 1.27 bits per heavy atom. The molecule has 0 aliphatic rings. The van der Waals surface area contributed by atoms with Crippen LogP contribution in [0, 0.1) is 5.41 Å². The lowest BCUT2D eigenvalue weighted by molar-refractivity contribution is 0.410. The summed E-state index contributed by atoms with van der Waals surface area (Å²) in [6.07, 6.45) is 6.54. The van der Waals surface area contributed by atoms with Crippen molar-refractivity contribution in [1.82, 2.24) is 4.98 Å². The average Bonchev–Trinajstić information content (AvgIpc) is 2.15. The molecule has 0 atom stereocenters. The Balaban J connectivity index is 3.03. The van der Waals surface area contributed by atoms with Crippen LogP contribution in [0.5, 0.6) is 0 Å². The Bertz CT molecular complexity index is 369. The smallest absolute Gasteiger partial charge is 0.0696 e. The SMILES string of the molecule is C=Cc1cc(CC(C)(C)C)cnc1C=C. The average molecular weight is 201 g/mol. The minimum Gasteiger partial charge on any atom is -0.256 e. The third-order valence-corrected chi connectivity index (χ3v) is 2.15. The van der Waals surface area contributed by atoms with Gasteiger partial charge >= 0.3 is 0 Å². The summed E-state index contributed by atoms with van der Waals surface area (Å²) in [4.78, 5) is 4.36. The van der Waals surface area contributed by atoms with Gasteiger partial charge in [0.15, 0.2) is 0 Å². The normalized spacial score (nSPS) is 11.1. The van der Waals surface area contributed by atoms with Gasteiger partial charge in [-0.1, -0.05) is 40.0 Å². The molecule has 15 heavy (non-hydrogen) atoms. The summed E-state index contributed by atoms with van der Waals surface area (Å²) in [5, 5.41) is 0. The van der Waals surface area contributed by atoms with Crippen LogP contribution in [0.4, 0.5) is 0 Å². The Hall–Kier alpha value is -1.37. The van der Waals surface area contributed by atoms with Gasteiger partial charge in [-0.3, -0.25) is 4.98 Å². The summed E-state index contributed by atoms with van der Waals surface area (Å²) in [7, 11) is 0. The van der Waals surface area contributed by atoms with E-state index in [9.17, 15) is 0 Å². The summed E-state index contributed by atoms with van der Waals surface area (Å²) >= 11 is 0. The lowest BCUT2D eigenvalue weighted by Gasteiger charge is -2.18. The van der Waals surface area contributed by atoms with Crippen molar-refractivity contribution in [3.8, 4) is 0 Å². The Morgan fingerprint density at radius 3 is 2.40 bits per heavy atom. The van der Waals surface area contributed by atoms with Crippen molar-refractivity contribution in [2.75, 3.05) is 0 Å². The van der Waals surface area contributed by atoms with Gasteiger partial charge in [-0.25, -0.2) is 0 Å². The van der Waals surface area contributed by atoms with Gasteiger partial charge in [-0.15, -0.1) is 0 Å². The van der Waals surface area contributed by atoms with Gasteiger partial charge in [0.25, 0.3) is 0 Å². The molecular weight excluding hydrogens is 182 g/mol. The molecule has 0 aliphatic heterocycles. The summed E-state index contributed by atoms with van der Waals surface area (Å²) in [6, 6.07) is 2.14. The minimum atomic E-state index is 0.288. The van der Waals surface area contributed by atoms with Gasteiger partial charge in [-0.05, 0) is 35.1 Å². The second-order valence-electron chi connectivity index (χ2n) is 4.96. The molecule has 1 aromatic heterocycles. The number of hydrogen-bond donors (Lipinski definition) is 0. The van der Waals surface area contributed by atoms with Crippen LogP contribution in [0.25, 0.3) is 12.2 Å². The van der Waals surface area contributed by atoms with Crippen LogP contribution >= 0.6 is 0 Å². The molecule has 0 spiro atoms. The molecule has 0 fully saturated rings. The van der Waals surface area contributed by atoms with Crippen LogP contribution < -0.4 is 0 Å². The molecule has 0 N–H and O–H groups in total. The highest BCUT2D eigenvalue weighted by Crippen LogP contribution is 2.22. The second kappa shape index (κ2) is 4.43. The zero-order chi connectivity index (χ0) is 11.5. The van der Waals surface area contributed by atoms with E-state index in [4.69, 9.17) is 0 Å². The molecule has 0 unspecified atom stereocenters. The predicted octanol–water partition coefficient (Wildman–Crippen LogP) is 3.96. The van der Waals surface area contributed by atoms with Crippen molar-refractivity contribution < 1.29 is 0 Å². The fourth-order valence-corrected chi connectivity index (χ4v) is 1.58. The topological polar surface area (TPSA) is 12.9 Å². The van der Waals surface area contributed by atoms with Crippen LogP contribution in [-0.4, -0.2) is 4.98 Å². The number of pyridine rings is 1. The van der Waals surface area contributed by atoms with Crippen molar-refractivity contribution in [1.29, 1.82) is 0 Å². The molecule has 80 valence electrons. The first-order valence-corrected chi connectivity index (χ1v) is 5.20. The van der Waals surface area contributed by atoms with Gasteiger partial charge in [0.1, 0.15) is 0 Å². The molecular formula is C14H19N. The van der Waals surface area contributed by atoms with Crippen molar-refractivity contribution in [2.45, 2.75) is 27.2 Å². The first-order valence-electron chi connectivity index (χ1n) is 5.20. The van der Waals surface area contributed by atoms with Crippen LogP contribution in [0.1, 0.15) is 37.6 Å². The van der Waals surface area contributed by atoms with E-state index in [1.807, 2.05) is 12.3 Å². The lowest BCUT2D eigenvalue weighted by atomic mass is 9.88. The second-order valence-corrected chi connectivity index (χ2v) is 4.96. The third kappa shape index (κ3) is 3.35. The molecule has 0 bridgehead atoms. The minimum absolute atomic E-state index is 0.288. The molecule has 0 saturated carbocycles. The zero-order valence-electron chi connectivity index (χ0n) is 9.88. The van der Waals surface area contributed by atoms with Gasteiger partial charge < -0.3 is 0 Å². The number of nitrogens with zero attached hydrogens (tertiary/aromatic N) is 1. The quantitative estimate of drug-likeness (QED) is 0.721. The first kappa shape index (κ1) is 11.7. The number of hydrogen-bond acceptors (Lipinski definition) is 1. The molecule has 0 radical (unpaired) electrons. The van der Waals surface area contributed by atoms with Crippen LogP contribution in [0.2, 0.25) is 0 Å². The highest BCUT2D eigenvalue weighted by molar-refractivity contribution is 5.60.